The second kappa shape index (κ2) is 13.7. The molecule has 3 amide bonds. The molecule has 0 radical (unpaired) electrons. The maximum atomic E-state index is 12.9. The van der Waals surface area contributed by atoms with Gasteiger partial charge in [-0.25, -0.2) is 0 Å². The lowest BCUT2D eigenvalue weighted by Gasteiger charge is -2.21. The summed E-state index contributed by atoms with van der Waals surface area (Å²) in [6.07, 6.45) is 0.726. The number of carbonyl (C=O) groups excluding carboxylic acids is 3. The predicted molar refractivity (Wildman–Crippen MR) is 143 cm³/mol. The number of para-hydroxylation sites is 1. The van der Waals surface area contributed by atoms with Crippen molar-refractivity contribution in [1.29, 1.82) is 0 Å². The first-order valence-electron chi connectivity index (χ1n) is 11.9. The quantitative estimate of drug-likeness (QED) is 0.332. The number of nitrogens with zero attached hydrogens (tertiary/aromatic N) is 1. The van der Waals surface area contributed by atoms with Gasteiger partial charge in [-0.05, 0) is 67.9 Å². The van der Waals surface area contributed by atoms with Crippen molar-refractivity contribution in [2.24, 2.45) is 0 Å². The van der Waals surface area contributed by atoms with E-state index in [0.29, 0.717) is 42.2 Å². The molecular formula is C28H32N4O4. The third kappa shape index (κ3) is 7.68. The smallest absolute Gasteiger partial charge is 0.258 e. The molecule has 0 unspecified atom stereocenters. The van der Waals surface area contributed by atoms with Crippen molar-refractivity contribution in [3.8, 4) is 0 Å². The normalized spacial score (nSPS) is 10.4. The largest absolute Gasteiger partial charge is 0.385 e. The average molecular weight is 489 g/mol. The van der Waals surface area contributed by atoms with Crippen LogP contribution in [0.5, 0.6) is 0 Å². The number of benzene rings is 3. The fourth-order valence-electron chi connectivity index (χ4n) is 3.58. The number of hydrogen-bond acceptors (Lipinski definition) is 5. The molecule has 0 saturated heterocycles. The van der Waals surface area contributed by atoms with Gasteiger partial charge in [-0.3, -0.25) is 14.4 Å². The van der Waals surface area contributed by atoms with Crippen LogP contribution in [0.4, 0.5) is 17.1 Å². The predicted octanol–water partition coefficient (Wildman–Crippen LogP) is 4.17. The Morgan fingerprint density at radius 1 is 0.861 bits per heavy atom. The lowest BCUT2D eigenvalue weighted by molar-refractivity contribution is -0.114. The highest BCUT2D eigenvalue weighted by molar-refractivity contribution is 6.06. The summed E-state index contributed by atoms with van der Waals surface area (Å²) in [7, 11) is 1.62. The standard InChI is InChI=1S/C28H32N4O4/c1-3-32(25-11-5-4-6-12-25)28(35)21-13-15-23(16-14-21)30-20-26(33)31-24-10-7-9-22(19-24)27(34)29-17-8-18-36-2/h4-7,9-16,19,30H,3,8,17-18,20H2,1-2H3,(H,29,34)(H,31,33). The fourth-order valence-corrected chi connectivity index (χ4v) is 3.58. The van der Waals surface area contributed by atoms with E-state index in [2.05, 4.69) is 16.0 Å². The van der Waals surface area contributed by atoms with Gasteiger partial charge in [0.05, 0.1) is 6.54 Å². The van der Waals surface area contributed by atoms with Crippen molar-refractivity contribution in [3.63, 3.8) is 0 Å². The van der Waals surface area contributed by atoms with E-state index in [0.717, 1.165) is 12.1 Å². The van der Waals surface area contributed by atoms with Crippen LogP contribution in [0.15, 0.2) is 78.9 Å². The van der Waals surface area contributed by atoms with Gasteiger partial charge in [-0.1, -0.05) is 24.3 Å². The molecule has 3 N–H and O–H groups in total. The maximum Gasteiger partial charge on any atom is 0.258 e. The summed E-state index contributed by atoms with van der Waals surface area (Å²) in [6.45, 7) is 3.61. The Kier molecular flexibility index (Phi) is 10.0. The number of hydrogen-bond donors (Lipinski definition) is 3. The molecule has 0 bridgehead atoms. The van der Waals surface area contributed by atoms with Gasteiger partial charge in [0.15, 0.2) is 0 Å². The SMILES string of the molecule is CCN(C(=O)c1ccc(NCC(=O)Nc2cccc(C(=O)NCCCOC)c2)cc1)c1ccccc1. The zero-order valence-corrected chi connectivity index (χ0v) is 20.6. The summed E-state index contributed by atoms with van der Waals surface area (Å²) < 4.78 is 4.97. The minimum Gasteiger partial charge on any atom is -0.385 e. The first kappa shape index (κ1) is 26.4. The highest BCUT2D eigenvalue weighted by Gasteiger charge is 2.16. The Hall–Kier alpha value is -4.17. The summed E-state index contributed by atoms with van der Waals surface area (Å²) in [6, 6.07) is 23.3. The molecule has 0 saturated carbocycles. The van der Waals surface area contributed by atoms with E-state index in [1.54, 1.807) is 60.5 Å². The zero-order chi connectivity index (χ0) is 25.8. The molecule has 8 nitrogen and oxygen atoms in total. The van der Waals surface area contributed by atoms with E-state index in [9.17, 15) is 14.4 Å². The fraction of sp³-hybridized carbons (Fsp3) is 0.250. The lowest BCUT2D eigenvalue weighted by atomic mass is 10.1. The highest BCUT2D eigenvalue weighted by Crippen LogP contribution is 2.18. The van der Waals surface area contributed by atoms with Gasteiger partial charge in [-0.15, -0.1) is 0 Å². The minimum atomic E-state index is -0.256. The Morgan fingerprint density at radius 2 is 1.61 bits per heavy atom. The van der Waals surface area contributed by atoms with Gasteiger partial charge < -0.3 is 25.6 Å². The van der Waals surface area contributed by atoms with Crippen LogP contribution < -0.4 is 20.9 Å². The summed E-state index contributed by atoms with van der Waals surface area (Å²) >= 11 is 0. The maximum absolute atomic E-state index is 12.9. The van der Waals surface area contributed by atoms with Crippen LogP contribution in [-0.2, 0) is 9.53 Å². The molecule has 0 aliphatic carbocycles. The summed E-state index contributed by atoms with van der Waals surface area (Å²) in [5.74, 6) is -0.548. The van der Waals surface area contributed by atoms with Gasteiger partial charge >= 0.3 is 0 Å². The van der Waals surface area contributed by atoms with Gasteiger partial charge in [0.1, 0.15) is 0 Å². The molecule has 188 valence electrons. The third-order valence-electron chi connectivity index (χ3n) is 5.43. The van der Waals surface area contributed by atoms with Gasteiger partial charge in [-0.2, -0.15) is 0 Å². The molecule has 0 aliphatic rings. The molecule has 3 rings (SSSR count). The van der Waals surface area contributed by atoms with Crippen molar-refractivity contribution in [2.45, 2.75) is 13.3 Å². The Morgan fingerprint density at radius 3 is 2.31 bits per heavy atom. The van der Waals surface area contributed by atoms with Crippen LogP contribution in [0.1, 0.15) is 34.1 Å². The molecule has 36 heavy (non-hydrogen) atoms. The van der Waals surface area contributed by atoms with Crippen LogP contribution in [0, 0.1) is 0 Å². The number of anilines is 3. The molecule has 0 heterocycles. The second-order valence-electron chi connectivity index (χ2n) is 8.05. The summed E-state index contributed by atoms with van der Waals surface area (Å²) in [5, 5.41) is 8.67. The van der Waals surface area contributed by atoms with Crippen molar-refractivity contribution in [3.05, 3.63) is 90.0 Å². The van der Waals surface area contributed by atoms with Gasteiger partial charge in [0.25, 0.3) is 11.8 Å². The van der Waals surface area contributed by atoms with Gasteiger partial charge in [0, 0.05) is 55.0 Å². The van der Waals surface area contributed by atoms with Gasteiger partial charge in [0.2, 0.25) is 5.91 Å². The minimum absolute atomic E-state index is 0.0336. The number of ether oxygens (including phenoxy) is 1. The summed E-state index contributed by atoms with van der Waals surface area (Å²) in [5.41, 5.74) is 3.13. The van der Waals surface area contributed by atoms with E-state index in [1.165, 1.54) is 0 Å². The van der Waals surface area contributed by atoms with Crippen LogP contribution in [0.2, 0.25) is 0 Å². The van der Waals surface area contributed by atoms with Crippen molar-refractivity contribution in [1.82, 2.24) is 5.32 Å². The Labute approximate surface area is 211 Å². The molecule has 8 heteroatoms. The number of rotatable bonds is 12. The molecule has 0 aliphatic heterocycles. The van der Waals surface area contributed by atoms with Crippen molar-refractivity contribution in [2.75, 3.05) is 48.9 Å². The van der Waals surface area contributed by atoms with Crippen LogP contribution in [0.25, 0.3) is 0 Å². The number of nitrogens with one attached hydrogen (secondary N) is 3. The first-order valence-corrected chi connectivity index (χ1v) is 11.9. The van der Waals surface area contributed by atoms with Crippen molar-refractivity contribution < 1.29 is 19.1 Å². The zero-order valence-electron chi connectivity index (χ0n) is 20.6. The highest BCUT2D eigenvalue weighted by atomic mass is 16.5. The van der Waals surface area contributed by atoms with E-state index >= 15 is 0 Å². The molecule has 0 spiro atoms. The van der Waals surface area contributed by atoms with Crippen LogP contribution in [-0.4, -0.2) is 51.1 Å². The monoisotopic (exact) mass is 488 g/mol. The molecular weight excluding hydrogens is 456 g/mol. The van der Waals surface area contributed by atoms with Crippen molar-refractivity contribution >= 4 is 34.8 Å². The number of carbonyl (C=O) groups is 3. The molecule has 3 aromatic carbocycles. The van der Waals surface area contributed by atoms with E-state index in [4.69, 9.17) is 4.74 Å². The van der Waals surface area contributed by atoms with Crippen LogP contribution in [0.3, 0.4) is 0 Å². The summed E-state index contributed by atoms with van der Waals surface area (Å²) in [4.78, 5) is 39.3. The van der Waals surface area contributed by atoms with Crippen LogP contribution >= 0.6 is 0 Å². The van der Waals surface area contributed by atoms with E-state index < -0.39 is 0 Å². The molecule has 0 aromatic heterocycles. The average Bonchev–Trinajstić information content (AvgIpc) is 2.91. The lowest BCUT2D eigenvalue weighted by Crippen LogP contribution is -2.30. The number of methoxy groups -OCH3 is 1. The molecule has 3 aromatic rings. The first-order chi connectivity index (χ1) is 17.5. The molecule has 0 fully saturated rings. The topological polar surface area (TPSA) is 99.8 Å². The van der Waals surface area contributed by atoms with E-state index in [1.807, 2.05) is 37.3 Å². The third-order valence-corrected chi connectivity index (χ3v) is 5.43. The number of amides is 3. The Bertz CT molecular complexity index is 1150. The molecule has 0 atom stereocenters. The Balaban J connectivity index is 1.51. The van der Waals surface area contributed by atoms with E-state index in [-0.39, 0.29) is 24.3 Å². The second-order valence-corrected chi connectivity index (χ2v) is 8.05.